The Labute approximate surface area is 179 Å². The number of ether oxygens (including phenoxy) is 1. The van der Waals surface area contributed by atoms with Gasteiger partial charge >= 0.3 is 0 Å². The van der Waals surface area contributed by atoms with Gasteiger partial charge in [-0.1, -0.05) is 19.3 Å². The number of carbonyl (C=O) groups excluding carboxylic acids is 2. The van der Waals surface area contributed by atoms with Crippen molar-refractivity contribution in [1.29, 1.82) is 0 Å². The van der Waals surface area contributed by atoms with Crippen molar-refractivity contribution < 1.29 is 18.7 Å². The molecular weight excluding hydrogens is 382 g/mol. The first kappa shape index (κ1) is 21.4. The monoisotopic (exact) mass is 417 g/mol. The van der Waals surface area contributed by atoms with E-state index >= 15 is 0 Å². The van der Waals surface area contributed by atoms with Crippen molar-refractivity contribution in [2.24, 2.45) is 5.92 Å². The lowest BCUT2D eigenvalue weighted by Crippen LogP contribution is -2.50. The van der Waals surface area contributed by atoms with Crippen molar-refractivity contribution >= 4 is 11.8 Å². The van der Waals surface area contributed by atoms with E-state index < -0.39 is 0 Å². The predicted molar refractivity (Wildman–Crippen MR) is 113 cm³/mol. The van der Waals surface area contributed by atoms with Crippen molar-refractivity contribution in [3.8, 4) is 0 Å². The van der Waals surface area contributed by atoms with Gasteiger partial charge in [0.25, 0.3) is 0 Å². The minimum absolute atomic E-state index is 0.0181. The fraction of sp³-hybridized carbons (Fsp3) is 0.739. The lowest BCUT2D eigenvalue weighted by Gasteiger charge is -2.34. The highest BCUT2D eigenvalue weighted by Crippen LogP contribution is 2.29. The zero-order chi connectivity index (χ0) is 20.9. The van der Waals surface area contributed by atoms with Gasteiger partial charge in [-0.3, -0.25) is 14.5 Å². The summed E-state index contributed by atoms with van der Waals surface area (Å²) >= 11 is 0. The second-order valence-electron chi connectivity index (χ2n) is 8.88. The maximum absolute atomic E-state index is 13.1. The van der Waals surface area contributed by atoms with E-state index in [4.69, 9.17) is 9.15 Å². The van der Waals surface area contributed by atoms with E-state index in [2.05, 4.69) is 10.2 Å². The van der Waals surface area contributed by atoms with Crippen LogP contribution in [0, 0.1) is 12.8 Å². The summed E-state index contributed by atoms with van der Waals surface area (Å²) in [5.41, 5.74) is 0. The fourth-order valence-electron chi connectivity index (χ4n) is 5.13. The zero-order valence-corrected chi connectivity index (χ0v) is 18.1. The molecule has 1 aromatic heterocycles. The Kier molecular flexibility index (Phi) is 7.10. The molecule has 2 aliphatic heterocycles. The number of rotatable bonds is 6. The number of nitrogens with one attached hydrogen (secondary N) is 1. The van der Waals surface area contributed by atoms with E-state index in [1.165, 1.54) is 6.42 Å². The second kappa shape index (κ2) is 9.96. The highest BCUT2D eigenvalue weighted by atomic mass is 16.5. The summed E-state index contributed by atoms with van der Waals surface area (Å²) in [6, 6.07) is 3.61. The highest BCUT2D eigenvalue weighted by molar-refractivity contribution is 5.89. The van der Waals surface area contributed by atoms with Gasteiger partial charge in [-0.15, -0.1) is 0 Å². The normalized spacial score (nSPS) is 24.7. The van der Waals surface area contributed by atoms with Crippen LogP contribution >= 0.6 is 0 Å². The van der Waals surface area contributed by atoms with E-state index in [1.807, 2.05) is 24.0 Å². The Morgan fingerprint density at radius 2 is 1.83 bits per heavy atom. The molecule has 1 aromatic rings. The number of carbonyl (C=O) groups is 2. The summed E-state index contributed by atoms with van der Waals surface area (Å²) in [6.45, 7) is 6.13. The van der Waals surface area contributed by atoms with Crippen LogP contribution in [0.1, 0.15) is 62.5 Å². The van der Waals surface area contributed by atoms with Gasteiger partial charge in [-0.25, -0.2) is 0 Å². The molecule has 2 amide bonds. The van der Waals surface area contributed by atoms with Crippen LogP contribution < -0.4 is 5.32 Å². The van der Waals surface area contributed by atoms with Crippen molar-refractivity contribution in [1.82, 2.24) is 15.1 Å². The predicted octanol–water partition coefficient (Wildman–Crippen LogP) is 2.65. The lowest BCUT2D eigenvalue weighted by molar-refractivity contribution is -0.142. The summed E-state index contributed by atoms with van der Waals surface area (Å²) in [5, 5.41) is 3.14. The van der Waals surface area contributed by atoms with Crippen molar-refractivity contribution in [3.05, 3.63) is 23.7 Å². The van der Waals surface area contributed by atoms with E-state index in [-0.39, 0.29) is 29.8 Å². The minimum atomic E-state index is -0.330. The molecule has 166 valence electrons. The van der Waals surface area contributed by atoms with Gasteiger partial charge < -0.3 is 19.4 Å². The molecule has 3 aliphatic rings. The zero-order valence-electron chi connectivity index (χ0n) is 18.1. The van der Waals surface area contributed by atoms with Crippen molar-refractivity contribution in [2.75, 3.05) is 39.4 Å². The van der Waals surface area contributed by atoms with Gasteiger partial charge in [0.2, 0.25) is 11.8 Å². The first-order chi connectivity index (χ1) is 14.6. The molecule has 7 nitrogen and oxygen atoms in total. The number of amides is 2. The Bertz CT molecular complexity index is 722. The first-order valence-corrected chi connectivity index (χ1v) is 11.6. The number of furan rings is 1. The van der Waals surface area contributed by atoms with Crippen LogP contribution in [0.2, 0.25) is 0 Å². The summed E-state index contributed by atoms with van der Waals surface area (Å²) in [4.78, 5) is 30.3. The van der Waals surface area contributed by atoms with Crippen LogP contribution in [0.4, 0.5) is 0 Å². The molecule has 2 unspecified atom stereocenters. The molecule has 1 aliphatic carbocycles. The van der Waals surface area contributed by atoms with E-state index in [0.29, 0.717) is 26.3 Å². The molecule has 0 bridgehead atoms. The Hall–Kier alpha value is -1.86. The molecule has 30 heavy (non-hydrogen) atoms. The average Bonchev–Trinajstić information content (AvgIpc) is 3.44. The third-order valence-electron chi connectivity index (χ3n) is 6.84. The van der Waals surface area contributed by atoms with Crippen LogP contribution in [0.25, 0.3) is 0 Å². The maximum Gasteiger partial charge on any atom is 0.242 e. The quantitative estimate of drug-likeness (QED) is 0.770. The molecule has 2 saturated heterocycles. The Balaban J connectivity index is 1.39. The molecule has 3 heterocycles. The topological polar surface area (TPSA) is 75.0 Å². The summed E-state index contributed by atoms with van der Waals surface area (Å²) in [5.74, 6) is 2.02. The summed E-state index contributed by atoms with van der Waals surface area (Å²) < 4.78 is 11.4. The third-order valence-corrected chi connectivity index (χ3v) is 6.84. The van der Waals surface area contributed by atoms with Crippen LogP contribution in [0.5, 0.6) is 0 Å². The smallest absolute Gasteiger partial charge is 0.242 e. The van der Waals surface area contributed by atoms with E-state index in [1.54, 1.807) is 0 Å². The number of nitrogens with zero attached hydrogens (tertiary/aromatic N) is 2. The molecule has 0 aromatic carbocycles. The van der Waals surface area contributed by atoms with Gasteiger partial charge in [-0.2, -0.15) is 0 Å². The summed E-state index contributed by atoms with van der Waals surface area (Å²) in [6.07, 6.45) is 7.09. The molecule has 0 radical (unpaired) electrons. The van der Waals surface area contributed by atoms with Crippen LogP contribution in [-0.4, -0.2) is 67.0 Å². The van der Waals surface area contributed by atoms with Gasteiger partial charge in [0.05, 0.1) is 19.3 Å². The van der Waals surface area contributed by atoms with Gasteiger partial charge in [0.15, 0.2) is 0 Å². The van der Waals surface area contributed by atoms with Gasteiger partial charge in [0.1, 0.15) is 17.6 Å². The Morgan fingerprint density at radius 3 is 2.53 bits per heavy atom. The molecule has 7 heteroatoms. The average molecular weight is 418 g/mol. The van der Waals surface area contributed by atoms with E-state index in [0.717, 1.165) is 63.1 Å². The molecule has 0 spiro atoms. The van der Waals surface area contributed by atoms with Crippen LogP contribution in [0.3, 0.4) is 0 Å². The number of morpholine rings is 1. The Morgan fingerprint density at radius 1 is 1.07 bits per heavy atom. The number of aryl methyl sites for hydroxylation is 1. The minimum Gasteiger partial charge on any atom is -0.465 e. The van der Waals surface area contributed by atoms with Crippen LogP contribution in [0.15, 0.2) is 16.5 Å². The van der Waals surface area contributed by atoms with Gasteiger partial charge in [-0.05, 0) is 44.7 Å². The molecule has 2 atom stereocenters. The highest BCUT2D eigenvalue weighted by Gasteiger charge is 2.37. The van der Waals surface area contributed by atoms with Crippen LogP contribution in [-0.2, 0) is 14.3 Å². The number of hydrogen-bond acceptors (Lipinski definition) is 5. The molecular formula is C23H35N3O4. The largest absolute Gasteiger partial charge is 0.465 e. The molecule has 1 N–H and O–H groups in total. The second-order valence-corrected chi connectivity index (χ2v) is 8.88. The van der Waals surface area contributed by atoms with Crippen molar-refractivity contribution in [2.45, 2.75) is 64.0 Å². The lowest BCUT2D eigenvalue weighted by atomic mass is 9.88. The number of likely N-dealkylation sites (tertiary alicyclic amines) is 1. The SMILES string of the molecule is Cc1ccc(C(CNC(=O)C2CCCN2C(=O)C2CCCCC2)N2CCOCC2)o1. The summed E-state index contributed by atoms with van der Waals surface area (Å²) in [7, 11) is 0. The number of hydrogen-bond donors (Lipinski definition) is 1. The standard InChI is InChI=1S/C23H35N3O4/c1-17-9-10-21(30-17)20(25-12-14-29-15-13-25)16-24-22(27)19-8-5-11-26(19)23(28)18-6-3-2-4-7-18/h9-10,18-20H,2-8,11-16H2,1H3,(H,24,27). The molecule has 1 saturated carbocycles. The first-order valence-electron chi connectivity index (χ1n) is 11.6. The molecule has 3 fully saturated rings. The molecule has 4 rings (SSSR count). The van der Waals surface area contributed by atoms with E-state index in [9.17, 15) is 9.59 Å². The van der Waals surface area contributed by atoms with Gasteiger partial charge in [0, 0.05) is 32.1 Å². The van der Waals surface area contributed by atoms with Crippen molar-refractivity contribution in [3.63, 3.8) is 0 Å². The fourth-order valence-corrected chi connectivity index (χ4v) is 5.13. The third kappa shape index (κ3) is 4.89. The maximum atomic E-state index is 13.1.